The summed E-state index contributed by atoms with van der Waals surface area (Å²) < 4.78 is 8.28. The lowest BCUT2D eigenvalue weighted by molar-refractivity contribution is 0.00614. The number of fused-ring (bicyclic) bond motifs is 1. The summed E-state index contributed by atoms with van der Waals surface area (Å²) in [5.41, 5.74) is 1.41. The van der Waals surface area contributed by atoms with Gasteiger partial charge in [-0.05, 0) is 45.4 Å². The first-order valence-electron chi connectivity index (χ1n) is 6.54. The summed E-state index contributed by atoms with van der Waals surface area (Å²) in [6.07, 6.45) is 9.71. The van der Waals surface area contributed by atoms with Crippen LogP contribution in [0.2, 0.25) is 0 Å². The molecule has 3 nitrogen and oxygen atoms in total. The number of rotatable bonds is 1. The lowest BCUT2D eigenvalue weighted by atomic mass is 10.0. The molecule has 1 aromatic rings. The van der Waals surface area contributed by atoms with Gasteiger partial charge in [-0.2, -0.15) is 0 Å². The lowest BCUT2D eigenvalue weighted by Gasteiger charge is -2.28. The van der Waals surface area contributed by atoms with E-state index in [9.17, 15) is 0 Å². The summed E-state index contributed by atoms with van der Waals surface area (Å²) >= 11 is 0. The summed E-state index contributed by atoms with van der Waals surface area (Å²) in [4.78, 5) is 4.61. The Labute approximate surface area is 96.8 Å². The quantitative estimate of drug-likeness (QED) is 0.727. The van der Waals surface area contributed by atoms with Crippen molar-refractivity contribution in [3.05, 3.63) is 17.7 Å². The van der Waals surface area contributed by atoms with Crippen molar-refractivity contribution in [1.29, 1.82) is 0 Å². The van der Waals surface area contributed by atoms with Crippen LogP contribution in [0.25, 0.3) is 0 Å². The van der Waals surface area contributed by atoms with Gasteiger partial charge in [-0.15, -0.1) is 0 Å². The largest absolute Gasteiger partial charge is 0.370 e. The number of aryl methyl sites for hydroxylation is 1. The second kappa shape index (κ2) is 4.21. The van der Waals surface area contributed by atoms with E-state index in [4.69, 9.17) is 4.74 Å². The van der Waals surface area contributed by atoms with Crippen LogP contribution in [-0.2, 0) is 11.2 Å². The Bertz CT molecular complexity index is 366. The van der Waals surface area contributed by atoms with Crippen LogP contribution in [0.15, 0.2) is 6.20 Å². The fourth-order valence-electron chi connectivity index (χ4n) is 3.00. The van der Waals surface area contributed by atoms with Crippen LogP contribution in [0.4, 0.5) is 0 Å². The SMILES string of the molecule is CC1CCCc2cnc(C3CCCCO3)n21. The summed E-state index contributed by atoms with van der Waals surface area (Å²) in [7, 11) is 0. The summed E-state index contributed by atoms with van der Waals surface area (Å²) in [6, 6.07) is 0.603. The predicted molar refractivity (Wildman–Crippen MR) is 62.4 cm³/mol. The number of hydrogen-bond acceptors (Lipinski definition) is 2. The van der Waals surface area contributed by atoms with Gasteiger partial charge in [-0.3, -0.25) is 0 Å². The second-order valence-corrected chi connectivity index (χ2v) is 5.07. The molecule has 3 heterocycles. The van der Waals surface area contributed by atoms with E-state index >= 15 is 0 Å². The van der Waals surface area contributed by atoms with Crippen molar-refractivity contribution in [3.8, 4) is 0 Å². The zero-order chi connectivity index (χ0) is 11.0. The first-order valence-corrected chi connectivity index (χ1v) is 6.54. The molecule has 0 aromatic carbocycles. The van der Waals surface area contributed by atoms with E-state index in [2.05, 4.69) is 22.7 Å². The van der Waals surface area contributed by atoms with Crippen LogP contribution in [0.5, 0.6) is 0 Å². The van der Waals surface area contributed by atoms with E-state index in [1.54, 1.807) is 0 Å². The van der Waals surface area contributed by atoms with Gasteiger partial charge in [0, 0.05) is 24.5 Å². The van der Waals surface area contributed by atoms with Gasteiger partial charge in [0.15, 0.2) is 0 Å². The Balaban J connectivity index is 1.91. The third kappa shape index (κ3) is 1.67. The van der Waals surface area contributed by atoms with Gasteiger partial charge in [0.1, 0.15) is 11.9 Å². The van der Waals surface area contributed by atoms with Crippen LogP contribution in [0.3, 0.4) is 0 Å². The number of imidazole rings is 1. The molecule has 1 aromatic heterocycles. The zero-order valence-electron chi connectivity index (χ0n) is 9.98. The minimum atomic E-state index is 0.253. The summed E-state index contributed by atoms with van der Waals surface area (Å²) in [5.74, 6) is 1.18. The van der Waals surface area contributed by atoms with Crippen molar-refractivity contribution in [2.45, 2.75) is 57.6 Å². The fourth-order valence-corrected chi connectivity index (χ4v) is 3.00. The van der Waals surface area contributed by atoms with E-state index < -0.39 is 0 Å². The molecule has 0 aliphatic carbocycles. The number of hydrogen-bond donors (Lipinski definition) is 0. The van der Waals surface area contributed by atoms with Crippen molar-refractivity contribution in [3.63, 3.8) is 0 Å². The first-order chi connectivity index (χ1) is 7.86. The number of ether oxygens (including phenoxy) is 1. The van der Waals surface area contributed by atoms with Crippen molar-refractivity contribution >= 4 is 0 Å². The molecule has 0 amide bonds. The molecule has 88 valence electrons. The van der Waals surface area contributed by atoms with Crippen LogP contribution in [0.1, 0.15) is 62.7 Å². The minimum absolute atomic E-state index is 0.253. The molecule has 3 rings (SSSR count). The average Bonchev–Trinajstić information content (AvgIpc) is 2.75. The van der Waals surface area contributed by atoms with Crippen molar-refractivity contribution < 1.29 is 4.74 Å². The molecule has 2 atom stereocenters. The Kier molecular flexibility index (Phi) is 2.72. The molecule has 0 bridgehead atoms. The maximum atomic E-state index is 5.85. The van der Waals surface area contributed by atoms with Crippen LogP contribution in [-0.4, -0.2) is 16.2 Å². The highest BCUT2D eigenvalue weighted by Gasteiger charge is 2.26. The monoisotopic (exact) mass is 220 g/mol. The Morgan fingerprint density at radius 3 is 3.06 bits per heavy atom. The normalized spacial score (nSPS) is 30.1. The molecular formula is C13H20N2O. The average molecular weight is 220 g/mol. The third-order valence-corrected chi connectivity index (χ3v) is 3.87. The molecule has 2 aliphatic rings. The standard InChI is InChI=1S/C13H20N2O/c1-10-5-4-6-11-9-14-13(15(10)11)12-7-2-3-8-16-12/h9-10,12H,2-8H2,1H3. The van der Waals surface area contributed by atoms with Crippen LogP contribution in [0, 0.1) is 0 Å². The van der Waals surface area contributed by atoms with Gasteiger partial charge in [-0.25, -0.2) is 4.98 Å². The van der Waals surface area contributed by atoms with Gasteiger partial charge < -0.3 is 9.30 Å². The van der Waals surface area contributed by atoms with E-state index in [0.29, 0.717) is 6.04 Å². The van der Waals surface area contributed by atoms with Gasteiger partial charge in [0.25, 0.3) is 0 Å². The van der Waals surface area contributed by atoms with E-state index in [1.807, 2.05) is 0 Å². The van der Waals surface area contributed by atoms with Crippen LogP contribution < -0.4 is 0 Å². The van der Waals surface area contributed by atoms with Gasteiger partial charge in [0.05, 0.1) is 0 Å². The molecule has 0 spiro atoms. The van der Waals surface area contributed by atoms with Crippen molar-refractivity contribution in [2.75, 3.05) is 6.61 Å². The van der Waals surface area contributed by atoms with Crippen molar-refractivity contribution in [1.82, 2.24) is 9.55 Å². The van der Waals surface area contributed by atoms with Crippen molar-refractivity contribution in [2.24, 2.45) is 0 Å². The highest BCUT2D eigenvalue weighted by atomic mass is 16.5. The fraction of sp³-hybridized carbons (Fsp3) is 0.769. The molecule has 2 unspecified atom stereocenters. The molecule has 3 heteroatoms. The summed E-state index contributed by atoms with van der Waals surface area (Å²) in [5, 5.41) is 0. The number of aromatic nitrogens is 2. The Hall–Kier alpha value is -0.830. The molecule has 0 N–H and O–H groups in total. The molecule has 0 saturated carbocycles. The Morgan fingerprint density at radius 2 is 2.25 bits per heavy atom. The molecule has 1 fully saturated rings. The van der Waals surface area contributed by atoms with Gasteiger partial charge in [-0.1, -0.05) is 0 Å². The van der Waals surface area contributed by atoms with Gasteiger partial charge in [0.2, 0.25) is 0 Å². The van der Waals surface area contributed by atoms with E-state index in [1.165, 1.54) is 43.6 Å². The van der Waals surface area contributed by atoms with Gasteiger partial charge >= 0.3 is 0 Å². The number of nitrogens with zero attached hydrogens (tertiary/aromatic N) is 2. The minimum Gasteiger partial charge on any atom is -0.370 e. The highest BCUT2D eigenvalue weighted by Crippen LogP contribution is 2.33. The Morgan fingerprint density at radius 1 is 1.31 bits per heavy atom. The van der Waals surface area contributed by atoms with Crippen LogP contribution >= 0.6 is 0 Å². The maximum Gasteiger partial charge on any atom is 0.138 e. The highest BCUT2D eigenvalue weighted by molar-refractivity contribution is 5.12. The molecule has 1 saturated heterocycles. The van der Waals surface area contributed by atoms with E-state index in [-0.39, 0.29) is 6.10 Å². The second-order valence-electron chi connectivity index (χ2n) is 5.07. The predicted octanol–water partition coefficient (Wildman–Crippen LogP) is 3.02. The molecule has 2 aliphatic heterocycles. The molecule has 16 heavy (non-hydrogen) atoms. The molecule has 0 radical (unpaired) electrons. The maximum absolute atomic E-state index is 5.85. The topological polar surface area (TPSA) is 27.1 Å². The smallest absolute Gasteiger partial charge is 0.138 e. The summed E-state index contributed by atoms with van der Waals surface area (Å²) in [6.45, 7) is 3.21. The third-order valence-electron chi connectivity index (χ3n) is 3.87. The molecular weight excluding hydrogens is 200 g/mol. The van der Waals surface area contributed by atoms with E-state index in [0.717, 1.165) is 13.0 Å². The lowest BCUT2D eigenvalue weighted by Crippen LogP contribution is -2.22. The zero-order valence-corrected chi connectivity index (χ0v) is 9.98. The first kappa shape index (κ1) is 10.3.